The van der Waals surface area contributed by atoms with Crippen molar-refractivity contribution < 1.29 is 9.59 Å². The molecule has 1 aliphatic heterocycles. The fourth-order valence-corrected chi connectivity index (χ4v) is 2.29. The van der Waals surface area contributed by atoms with E-state index in [1.54, 1.807) is 28.8 Å². The van der Waals surface area contributed by atoms with Gasteiger partial charge in [0.2, 0.25) is 0 Å². The third-order valence-electron chi connectivity index (χ3n) is 3.53. The van der Waals surface area contributed by atoms with Crippen molar-refractivity contribution >= 4 is 11.7 Å². The summed E-state index contributed by atoms with van der Waals surface area (Å²) in [5.74, 6) is -0.0477. The summed E-state index contributed by atoms with van der Waals surface area (Å²) in [6.07, 6.45) is 2.68. The van der Waals surface area contributed by atoms with E-state index in [1.165, 1.54) is 6.92 Å². The van der Waals surface area contributed by atoms with E-state index in [0.717, 1.165) is 19.5 Å². The molecule has 1 fully saturated rings. The van der Waals surface area contributed by atoms with E-state index in [-0.39, 0.29) is 17.7 Å². The Kier molecular flexibility index (Phi) is 3.52. The third kappa shape index (κ3) is 2.31. The number of carbonyl (C=O) groups excluding carboxylic acids is 2. The van der Waals surface area contributed by atoms with E-state index >= 15 is 0 Å². The molecule has 0 aliphatic carbocycles. The Balaban J connectivity index is 2.19. The number of nitrogens with one attached hydrogen (secondary N) is 1. The van der Waals surface area contributed by atoms with Crippen LogP contribution in [0.5, 0.6) is 0 Å². The van der Waals surface area contributed by atoms with Crippen molar-refractivity contribution in [1.29, 1.82) is 0 Å². The molecule has 0 aromatic carbocycles. The summed E-state index contributed by atoms with van der Waals surface area (Å²) in [6.45, 7) is 3.30. The van der Waals surface area contributed by atoms with Crippen molar-refractivity contribution in [2.45, 2.75) is 19.4 Å². The molecule has 18 heavy (non-hydrogen) atoms. The maximum atomic E-state index is 12.4. The monoisotopic (exact) mass is 249 g/mol. The number of aromatic nitrogens is 1. The second-order valence-corrected chi connectivity index (χ2v) is 4.84. The number of carbonyl (C=O) groups is 2. The van der Waals surface area contributed by atoms with Crippen molar-refractivity contribution in [2.75, 3.05) is 20.1 Å². The molecular weight excluding hydrogens is 230 g/mol. The number of hydrogen-bond donors (Lipinski definition) is 1. The van der Waals surface area contributed by atoms with Crippen molar-refractivity contribution in [3.8, 4) is 0 Å². The molecule has 0 radical (unpaired) electrons. The molecule has 5 nitrogen and oxygen atoms in total. The van der Waals surface area contributed by atoms with Gasteiger partial charge in [0, 0.05) is 38.4 Å². The van der Waals surface area contributed by atoms with E-state index in [1.807, 2.05) is 7.05 Å². The Bertz CT molecular complexity index is 473. The number of aryl methyl sites for hydroxylation is 1. The van der Waals surface area contributed by atoms with E-state index in [9.17, 15) is 9.59 Å². The first-order valence-electron chi connectivity index (χ1n) is 6.16. The molecular formula is C13H19N3O2. The highest BCUT2D eigenvalue weighted by Crippen LogP contribution is 2.14. The Morgan fingerprint density at radius 2 is 2.22 bits per heavy atom. The van der Waals surface area contributed by atoms with Crippen molar-refractivity contribution in [2.24, 2.45) is 7.05 Å². The van der Waals surface area contributed by atoms with Crippen molar-refractivity contribution in [3.05, 3.63) is 23.5 Å². The summed E-state index contributed by atoms with van der Waals surface area (Å²) < 4.78 is 1.72. The van der Waals surface area contributed by atoms with Gasteiger partial charge in [0.1, 0.15) is 5.69 Å². The summed E-state index contributed by atoms with van der Waals surface area (Å²) in [5.41, 5.74) is 1.15. The highest BCUT2D eigenvalue weighted by molar-refractivity contribution is 5.99. The lowest BCUT2D eigenvalue weighted by molar-refractivity contribution is 0.0734. The summed E-state index contributed by atoms with van der Waals surface area (Å²) in [4.78, 5) is 25.4. The van der Waals surface area contributed by atoms with Gasteiger partial charge < -0.3 is 14.8 Å². The molecule has 0 saturated carbocycles. The Morgan fingerprint density at radius 1 is 1.50 bits per heavy atom. The van der Waals surface area contributed by atoms with E-state index in [2.05, 4.69) is 5.32 Å². The molecule has 0 bridgehead atoms. The number of ketones is 1. The van der Waals surface area contributed by atoms with Crippen LogP contribution in [0.25, 0.3) is 0 Å². The first-order chi connectivity index (χ1) is 8.50. The van der Waals surface area contributed by atoms with Crippen LogP contribution < -0.4 is 5.32 Å². The minimum atomic E-state index is -0.0290. The number of rotatable bonds is 3. The van der Waals surface area contributed by atoms with Crippen LogP contribution in [0.1, 0.15) is 34.2 Å². The molecule has 2 heterocycles. The standard InChI is InChI=1S/C13H19N3O2/c1-9(17)10-6-12(15(2)8-10)13(18)16(3)11-4-5-14-7-11/h6,8,11,14H,4-5,7H2,1-3H3. The average molecular weight is 249 g/mol. The van der Waals surface area contributed by atoms with Crippen LogP contribution in [0.15, 0.2) is 12.3 Å². The lowest BCUT2D eigenvalue weighted by Crippen LogP contribution is -2.39. The second kappa shape index (κ2) is 4.94. The van der Waals surface area contributed by atoms with Gasteiger partial charge in [-0.05, 0) is 26.0 Å². The van der Waals surface area contributed by atoms with Crippen LogP contribution in [0.4, 0.5) is 0 Å². The lowest BCUT2D eigenvalue weighted by Gasteiger charge is -2.23. The first kappa shape index (κ1) is 12.8. The summed E-state index contributed by atoms with van der Waals surface area (Å²) in [5, 5.41) is 3.24. The number of nitrogens with zero attached hydrogens (tertiary/aromatic N) is 2. The first-order valence-corrected chi connectivity index (χ1v) is 6.16. The zero-order chi connectivity index (χ0) is 13.3. The van der Waals surface area contributed by atoms with Gasteiger partial charge in [-0.2, -0.15) is 0 Å². The lowest BCUT2D eigenvalue weighted by atomic mass is 10.2. The highest BCUT2D eigenvalue weighted by atomic mass is 16.2. The smallest absolute Gasteiger partial charge is 0.270 e. The molecule has 1 amide bonds. The molecule has 1 aromatic heterocycles. The zero-order valence-corrected chi connectivity index (χ0v) is 11.1. The van der Waals surface area contributed by atoms with E-state index < -0.39 is 0 Å². The fourth-order valence-electron chi connectivity index (χ4n) is 2.29. The maximum Gasteiger partial charge on any atom is 0.270 e. The van der Waals surface area contributed by atoms with Gasteiger partial charge >= 0.3 is 0 Å². The van der Waals surface area contributed by atoms with Crippen molar-refractivity contribution in [3.63, 3.8) is 0 Å². The van der Waals surface area contributed by atoms with Gasteiger partial charge in [-0.25, -0.2) is 0 Å². The molecule has 1 saturated heterocycles. The van der Waals surface area contributed by atoms with Crippen LogP contribution in [-0.4, -0.2) is 47.3 Å². The quantitative estimate of drug-likeness (QED) is 0.801. The SMILES string of the molecule is CC(=O)c1cc(C(=O)N(C)C2CCNC2)n(C)c1. The normalized spacial score (nSPS) is 18.9. The molecule has 1 unspecified atom stereocenters. The van der Waals surface area contributed by atoms with Crippen LogP contribution in [0.3, 0.4) is 0 Å². The van der Waals surface area contributed by atoms with Crippen molar-refractivity contribution in [1.82, 2.24) is 14.8 Å². The molecule has 1 aliphatic rings. The Morgan fingerprint density at radius 3 is 2.72 bits per heavy atom. The topological polar surface area (TPSA) is 54.3 Å². The fraction of sp³-hybridized carbons (Fsp3) is 0.538. The minimum absolute atomic E-state index is 0.0187. The molecule has 1 N–H and O–H groups in total. The van der Waals surface area contributed by atoms with Gasteiger partial charge in [0.05, 0.1) is 0 Å². The predicted octanol–water partition coefficient (Wildman–Crippen LogP) is 0.662. The molecule has 1 atom stereocenters. The third-order valence-corrected chi connectivity index (χ3v) is 3.53. The van der Waals surface area contributed by atoms with Crippen LogP contribution >= 0.6 is 0 Å². The van der Waals surface area contributed by atoms with Gasteiger partial charge in [-0.15, -0.1) is 0 Å². The number of likely N-dealkylation sites (N-methyl/N-ethyl adjacent to an activating group) is 1. The molecule has 98 valence electrons. The molecule has 1 aromatic rings. The summed E-state index contributed by atoms with van der Waals surface area (Å²) >= 11 is 0. The maximum absolute atomic E-state index is 12.4. The summed E-state index contributed by atoms with van der Waals surface area (Å²) in [7, 11) is 3.61. The van der Waals surface area contributed by atoms with Crippen LogP contribution in [-0.2, 0) is 7.05 Å². The zero-order valence-electron chi connectivity index (χ0n) is 11.1. The van der Waals surface area contributed by atoms with Crippen LogP contribution in [0, 0.1) is 0 Å². The Hall–Kier alpha value is -1.62. The van der Waals surface area contributed by atoms with Gasteiger partial charge in [-0.1, -0.05) is 0 Å². The van der Waals surface area contributed by atoms with Gasteiger partial charge in [0.25, 0.3) is 5.91 Å². The number of hydrogen-bond acceptors (Lipinski definition) is 3. The molecule has 5 heteroatoms. The number of amides is 1. The minimum Gasteiger partial charge on any atom is -0.346 e. The predicted molar refractivity (Wildman–Crippen MR) is 68.8 cm³/mol. The molecule has 0 spiro atoms. The Labute approximate surface area is 107 Å². The largest absolute Gasteiger partial charge is 0.346 e. The molecule has 2 rings (SSSR count). The van der Waals surface area contributed by atoms with Crippen LogP contribution in [0.2, 0.25) is 0 Å². The van der Waals surface area contributed by atoms with Gasteiger partial charge in [0.15, 0.2) is 5.78 Å². The summed E-state index contributed by atoms with van der Waals surface area (Å²) in [6, 6.07) is 1.91. The number of Topliss-reactive ketones (excluding diaryl/α,β-unsaturated/α-hetero) is 1. The second-order valence-electron chi connectivity index (χ2n) is 4.84. The van der Waals surface area contributed by atoms with E-state index in [4.69, 9.17) is 0 Å². The average Bonchev–Trinajstić information content (AvgIpc) is 2.95. The van der Waals surface area contributed by atoms with E-state index in [0.29, 0.717) is 11.3 Å². The van der Waals surface area contributed by atoms with Gasteiger partial charge in [-0.3, -0.25) is 9.59 Å². The highest BCUT2D eigenvalue weighted by Gasteiger charge is 2.25.